The molecule has 1 aliphatic heterocycles. The van der Waals surface area contributed by atoms with Crippen molar-refractivity contribution in [1.29, 1.82) is 0 Å². The molecule has 188 valence electrons. The number of nitrogens with one attached hydrogen (secondary N) is 1. The lowest BCUT2D eigenvalue weighted by Crippen LogP contribution is -2.66. The average molecular weight is 490 g/mol. The Morgan fingerprint density at radius 1 is 1.14 bits per heavy atom. The van der Waals surface area contributed by atoms with Gasteiger partial charge >= 0.3 is 12.6 Å². The molecule has 2 amide bonds. The molecule has 8 nitrogen and oxygen atoms in total. The second-order valence-corrected chi connectivity index (χ2v) is 9.16. The van der Waals surface area contributed by atoms with E-state index in [1.165, 1.54) is 17.9 Å². The molecule has 3 rings (SSSR count). The number of aryl methyl sites for hydroxylation is 1. The number of rotatable bonds is 9. The average Bonchev–Trinajstić information content (AvgIpc) is 2.74. The number of halogens is 2. The van der Waals surface area contributed by atoms with Gasteiger partial charge in [-0.05, 0) is 36.1 Å². The highest BCUT2D eigenvalue weighted by Gasteiger charge is 2.53. The van der Waals surface area contributed by atoms with Crippen molar-refractivity contribution in [2.24, 2.45) is 5.92 Å². The minimum Gasteiger partial charge on any atom is -0.481 e. The van der Waals surface area contributed by atoms with Crippen molar-refractivity contribution in [2.45, 2.75) is 52.1 Å². The maximum absolute atomic E-state index is 13.7. The summed E-state index contributed by atoms with van der Waals surface area (Å²) >= 11 is 0. The van der Waals surface area contributed by atoms with Gasteiger partial charge < -0.3 is 20.1 Å². The number of carbonyl (C=O) groups excluding carboxylic acids is 2. The van der Waals surface area contributed by atoms with Crippen LogP contribution in [0.2, 0.25) is 0 Å². The van der Waals surface area contributed by atoms with Gasteiger partial charge in [-0.2, -0.15) is 8.78 Å². The maximum Gasteiger partial charge on any atom is 0.388 e. The number of nitrogens with zero attached hydrogens (tertiary/aromatic N) is 2. The zero-order chi connectivity index (χ0) is 25.9. The Balaban J connectivity index is 1.95. The Hall–Kier alpha value is -3.56. The molecule has 1 aromatic heterocycles. The zero-order valence-corrected chi connectivity index (χ0v) is 20.0. The van der Waals surface area contributed by atoms with Crippen LogP contribution in [0.4, 0.5) is 14.5 Å². The molecule has 1 saturated heterocycles. The molecule has 0 bridgehead atoms. The van der Waals surface area contributed by atoms with E-state index in [1.807, 2.05) is 32.0 Å². The number of amides is 2. The Morgan fingerprint density at radius 2 is 1.80 bits per heavy atom. The topological polar surface area (TPSA) is 109 Å². The van der Waals surface area contributed by atoms with E-state index in [0.29, 0.717) is 5.69 Å². The Labute approximate surface area is 202 Å². The highest BCUT2D eigenvalue weighted by atomic mass is 19.3. The van der Waals surface area contributed by atoms with Crippen LogP contribution in [-0.2, 0) is 19.8 Å². The van der Waals surface area contributed by atoms with Gasteiger partial charge in [0.1, 0.15) is 11.1 Å². The van der Waals surface area contributed by atoms with Crippen molar-refractivity contribution in [3.8, 4) is 5.88 Å². The van der Waals surface area contributed by atoms with Gasteiger partial charge in [0.25, 0.3) is 0 Å². The number of likely N-dealkylation sites (tertiary alicyclic amines) is 1. The van der Waals surface area contributed by atoms with E-state index in [4.69, 9.17) is 5.11 Å². The highest BCUT2D eigenvalue weighted by Crippen LogP contribution is 2.41. The smallest absolute Gasteiger partial charge is 0.388 e. The Morgan fingerprint density at radius 3 is 2.40 bits per heavy atom. The number of alkyl halides is 2. The molecule has 0 unspecified atom stereocenters. The second kappa shape index (κ2) is 10.4. The fourth-order valence-electron chi connectivity index (χ4n) is 4.18. The van der Waals surface area contributed by atoms with Gasteiger partial charge in [0.2, 0.25) is 17.7 Å². The molecule has 0 spiro atoms. The van der Waals surface area contributed by atoms with Crippen molar-refractivity contribution in [3.05, 3.63) is 53.2 Å². The molecule has 35 heavy (non-hydrogen) atoms. The third-order valence-electron chi connectivity index (χ3n) is 6.16. The van der Waals surface area contributed by atoms with Crippen LogP contribution in [0.5, 0.6) is 5.88 Å². The highest BCUT2D eigenvalue weighted by molar-refractivity contribution is 6.02. The lowest BCUT2D eigenvalue weighted by molar-refractivity contribution is -0.150. The third kappa shape index (κ3) is 5.58. The third-order valence-corrected chi connectivity index (χ3v) is 6.16. The molecule has 1 aromatic carbocycles. The largest absolute Gasteiger partial charge is 0.481 e. The number of pyridine rings is 1. The van der Waals surface area contributed by atoms with Crippen LogP contribution in [0.1, 0.15) is 49.9 Å². The number of hydrogen-bond donors (Lipinski definition) is 2. The summed E-state index contributed by atoms with van der Waals surface area (Å²) in [7, 11) is 0. The molecule has 2 heterocycles. The number of benzene rings is 1. The van der Waals surface area contributed by atoms with Crippen molar-refractivity contribution in [2.75, 3.05) is 18.4 Å². The molecular formula is C25H29F2N3O5. The summed E-state index contributed by atoms with van der Waals surface area (Å²) in [4.78, 5) is 43.0. The summed E-state index contributed by atoms with van der Waals surface area (Å²) in [5.41, 5.74) is 0.910. The Kier molecular flexibility index (Phi) is 7.72. The first kappa shape index (κ1) is 26.1. The number of carbonyl (C=O) groups is 3. The summed E-state index contributed by atoms with van der Waals surface area (Å²) in [5, 5.41) is 11.8. The predicted octanol–water partition coefficient (Wildman–Crippen LogP) is 3.94. The first-order valence-corrected chi connectivity index (χ1v) is 11.3. The molecule has 1 atom stereocenters. The van der Waals surface area contributed by atoms with Gasteiger partial charge in [-0.25, -0.2) is 4.98 Å². The summed E-state index contributed by atoms with van der Waals surface area (Å²) < 4.78 is 30.4. The van der Waals surface area contributed by atoms with E-state index in [2.05, 4.69) is 15.0 Å². The molecular weight excluding hydrogens is 460 g/mol. The molecule has 0 radical (unpaired) electrons. The van der Waals surface area contributed by atoms with Gasteiger partial charge in [0, 0.05) is 25.2 Å². The van der Waals surface area contributed by atoms with E-state index < -0.39 is 35.7 Å². The quantitative estimate of drug-likeness (QED) is 0.552. The molecule has 0 saturated carbocycles. The van der Waals surface area contributed by atoms with E-state index in [9.17, 15) is 23.2 Å². The van der Waals surface area contributed by atoms with E-state index in [1.54, 1.807) is 19.1 Å². The van der Waals surface area contributed by atoms with Crippen molar-refractivity contribution in [1.82, 2.24) is 9.88 Å². The molecule has 10 heteroatoms. The van der Waals surface area contributed by atoms with E-state index in [-0.39, 0.29) is 37.0 Å². The van der Waals surface area contributed by atoms with Gasteiger partial charge in [-0.15, -0.1) is 0 Å². The van der Waals surface area contributed by atoms with Crippen LogP contribution in [0.25, 0.3) is 0 Å². The van der Waals surface area contributed by atoms with E-state index in [0.717, 1.165) is 11.1 Å². The van der Waals surface area contributed by atoms with Crippen molar-refractivity contribution < 1.29 is 33.0 Å². The summed E-state index contributed by atoms with van der Waals surface area (Å²) in [6.45, 7) is 3.96. The number of carboxylic acid groups (broad SMARTS) is 1. The van der Waals surface area contributed by atoms with Crippen LogP contribution in [-0.4, -0.2) is 52.5 Å². The monoisotopic (exact) mass is 489 g/mol. The second-order valence-electron chi connectivity index (χ2n) is 9.16. The maximum atomic E-state index is 13.7. The molecule has 1 aliphatic rings. The van der Waals surface area contributed by atoms with Crippen LogP contribution in [0.15, 0.2) is 36.4 Å². The number of carboxylic acids is 1. The molecule has 2 aromatic rings. The fourth-order valence-corrected chi connectivity index (χ4v) is 4.18. The molecule has 1 fully saturated rings. The minimum absolute atomic E-state index is 0.00780. The van der Waals surface area contributed by atoms with Crippen LogP contribution in [0.3, 0.4) is 0 Å². The first-order chi connectivity index (χ1) is 16.4. The van der Waals surface area contributed by atoms with Crippen LogP contribution in [0, 0.1) is 12.8 Å². The van der Waals surface area contributed by atoms with E-state index >= 15 is 0 Å². The fraction of sp³-hybridized carbons (Fsp3) is 0.440. The van der Waals surface area contributed by atoms with Crippen molar-refractivity contribution >= 4 is 23.5 Å². The van der Waals surface area contributed by atoms with Gasteiger partial charge in [0.15, 0.2) is 0 Å². The number of anilines is 1. The molecule has 2 N–H and O–H groups in total. The summed E-state index contributed by atoms with van der Waals surface area (Å²) in [6.07, 6.45) is -0.187. The molecule has 0 aliphatic carbocycles. The van der Waals surface area contributed by atoms with Crippen LogP contribution >= 0.6 is 0 Å². The minimum atomic E-state index is -3.12. The van der Waals surface area contributed by atoms with Crippen molar-refractivity contribution in [3.63, 3.8) is 0 Å². The summed E-state index contributed by atoms with van der Waals surface area (Å²) in [5.74, 6) is -3.13. The van der Waals surface area contributed by atoms with Crippen LogP contribution < -0.4 is 10.1 Å². The predicted molar refractivity (Wildman–Crippen MR) is 124 cm³/mol. The number of aromatic nitrogens is 1. The standard InChI is InChI=1S/C25H29F2N3O5/c1-14(2)17-7-5-6-8-18(17)25(12-30(13-25)20(31)11-15(3)22(32)33)23(34)29-19-10-9-16(4)28-21(19)35-24(26)27/h5-10,14-15,24H,11-13H2,1-4H3,(H,29,34)(H,32,33)/t15-/m1/s1. The van der Waals surface area contributed by atoms with Gasteiger partial charge in [-0.1, -0.05) is 45.0 Å². The first-order valence-electron chi connectivity index (χ1n) is 11.3. The summed E-state index contributed by atoms with van der Waals surface area (Å²) in [6, 6.07) is 10.4. The lowest BCUT2D eigenvalue weighted by Gasteiger charge is -2.50. The normalized spacial score (nSPS) is 15.5. The zero-order valence-electron chi connectivity index (χ0n) is 20.0. The lowest BCUT2D eigenvalue weighted by atomic mass is 9.69. The number of ether oxygens (including phenoxy) is 1. The SMILES string of the molecule is Cc1ccc(NC(=O)C2(c3ccccc3C(C)C)CN(C(=O)C[C@@H](C)C(=O)O)C2)c(OC(F)F)n1. The number of aliphatic carboxylic acids is 1. The van der Waals surface area contributed by atoms with Gasteiger partial charge in [0.05, 0.1) is 5.92 Å². The number of hydrogen-bond acceptors (Lipinski definition) is 5. The van der Waals surface area contributed by atoms with Gasteiger partial charge in [-0.3, -0.25) is 14.4 Å². The Bertz CT molecular complexity index is 1120.